The lowest BCUT2D eigenvalue weighted by Crippen LogP contribution is -2.07. The van der Waals surface area contributed by atoms with Crippen LogP contribution >= 0.6 is 0 Å². The number of carbonyl (C=O) groups excluding carboxylic acids is 2. The Kier molecular flexibility index (Phi) is 6.19. The molecule has 0 spiro atoms. The van der Waals surface area contributed by atoms with E-state index in [1.807, 2.05) is 0 Å². The zero-order chi connectivity index (χ0) is 14.3. The lowest BCUT2D eigenvalue weighted by atomic mass is 10.1. The molecule has 0 amide bonds. The van der Waals surface area contributed by atoms with Crippen molar-refractivity contribution in [3.05, 3.63) is 35.4 Å². The molecule has 0 N–H and O–H groups in total. The molecule has 1 rings (SSSR count). The average Bonchev–Trinajstić information content (AvgIpc) is 2.37. The standard InChI is InChI=1S/C15H19FO3/c1-11(16)5-3-4-10-19-15(18)14-8-6-13(7-9-14)12(2)17/h6-9,11H,3-5,10H2,1-2H3. The van der Waals surface area contributed by atoms with Gasteiger partial charge >= 0.3 is 5.97 Å². The van der Waals surface area contributed by atoms with Gasteiger partial charge in [0.15, 0.2) is 5.78 Å². The second-order valence-corrected chi connectivity index (χ2v) is 4.55. The van der Waals surface area contributed by atoms with Gasteiger partial charge in [0.05, 0.1) is 18.3 Å². The summed E-state index contributed by atoms with van der Waals surface area (Å²) in [5.74, 6) is -0.455. The van der Waals surface area contributed by atoms with Crippen LogP contribution in [0.4, 0.5) is 4.39 Å². The normalized spacial score (nSPS) is 11.9. The minimum atomic E-state index is -0.810. The third-order valence-electron chi connectivity index (χ3n) is 2.76. The number of Topliss-reactive ketones (excluding diaryl/α,β-unsaturated/α-hetero) is 1. The maximum absolute atomic E-state index is 12.5. The van der Waals surface area contributed by atoms with E-state index in [0.29, 0.717) is 37.0 Å². The number of unbranched alkanes of at least 4 members (excludes halogenated alkanes) is 1. The van der Waals surface area contributed by atoms with Gasteiger partial charge in [-0.05, 0) is 45.2 Å². The van der Waals surface area contributed by atoms with Crippen LogP contribution in [0.3, 0.4) is 0 Å². The van der Waals surface area contributed by atoms with Crippen molar-refractivity contribution in [2.24, 2.45) is 0 Å². The molecule has 0 aliphatic rings. The molecule has 1 aromatic carbocycles. The Hall–Kier alpha value is -1.71. The number of halogens is 1. The number of benzene rings is 1. The predicted octanol–water partition coefficient (Wildman–Crippen LogP) is 3.57. The summed E-state index contributed by atoms with van der Waals surface area (Å²) in [7, 11) is 0. The average molecular weight is 266 g/mol. The third-order valence-corrected chi connectivity index (χ3v) is 2.76. The van der Waals surface area contributed by atoms with Gasteiger partial charge in [-0.2, -0.15) is 0 Å². The molecule has 19 heavy (non-hydrogen) atoms. The number of ketones is 1. The Labute approximate surface area is 112 Å². The van der Waals surface area contributed by atoms with Crippen LogP contribution < -0.4 is 0 Å². The van der Waals surface area contributed by atoms with E-state index >= 15 is 0 Å². The summed E-state index contributed by atoms with van der Waals surface area (Å²) in [5.41, 5.74) is 0.984. The number of hydrogen-bond donors (Lipinski definition) is 0. The molecule has 1 unspecified atom stereocenters. The Balaban J connectivity index is 2.35. The van der Waals surface area contributed by atoms with E-state index < -0.39 is 12.1 Å². The molecule has 0 aliphatic heterocycles. The van der Waals surface area contributed by atoms with Crippen LogP contribution in [0.15, 0.2) is 24.3 Å². The van der Waals surface area contributed by atoms with Crippen molar-refractivity contribution in [2.45, 2.75) is 39.3 Å². The van der Waals surface area contributed by atoms with E-state index in [0.717, 1.165) is 0 Å². The maximum Gasteiger partial charge on any atom is 0.338 e. The first kappa shape index (κ1) is 15.3. The summed E-state index contributed by atoms with van der Waals surface area (Å²) in [6.07, 6.45) is 1.04. The number of carbonyl (C=O) groups is 2. The van der Waals surface area contributed by atoms with Crippen LogP contribution in [0.2, 0.25) is 0 Å². The summed E-state index contributed by atoms with van der Waals surface area (Å²) < 4.78 is 17.6. The minimum absolute atomic E-state index is 0.0414. The zero-order valence-corrected chi connectivity index (χ0v) is 11.3. The van der Waals surface area contributed by atoms with Crippen molar-refractivity contribution < 1.29 is 18.7 Å². The molecule has 0 bridgehead atoms. The van der Waals surface area contributed by atoms with Gasteiger partial charge in [-0.3, -0.25) is 4.79 Å². The summed E-state index contributed by atoms with van der Waals surface area (Å²) in [5, 5.41) is 0. The van der Waals surface area contributed by atoms with E-state index in [9.17, 15) is 14.0 Å². The number of ether oxygens (including phenoxy) is 1. The fraction of sp³-hybridized carbons (Fsp3) is 0.467. The van der Waals surface area contributed by atoms with Gasteiger partial charge in [0, 0.05) is 5.56 Å². The fourth-order valence-corrected chi connectivity index (χ4v) is 1.62. The van der Waals surface area contributed by atoms with E-state index in [-0.39, 0.29) is 5.78 Å². The molecular weight excluding hydrogens is 247 g/mol. The lowest BCUT2D eigenvalue weighted by molar-refractivity contribution is 0.0496. The molecule has 104 valence electrons. The fourth-order valence-electron chi connectivity index (χ4n) is 1.62. The first-order valence-corrected chi connectivity index (χ1v) is 6.43. The highest BCUT2D eigenvalue weighted by Crippen LogP contribution is 2.08. The molecule has 0 aromatic heterocycles. The smallest absolute Gasteiger partial charge is 0.338 e. The van der Waals surface area contributed by atoms with Gasteiger partial charge in [0.2, 0.25) is 0 Å². The molecule has 0 fully saturated rings. The highest BCUT2D eigenvalue weighted by Gasteiger charge is 2.08. The molecule has 1 aromatic rings. The highest BCUT2D eigenvalue weighted by atomic mass is 19.1. The summed E-state index contributed by atoms with van der Waals surface area (Å²) in [6.45, 7) is 3.28. The van der Waals surface area contributed by atoms with Crippen LogP contribution in [0.1, 0.15) is 53.8 Å². The zero-order valence-electron chi connectivity index (χ0n) is 11.3. The van der Waals surface area contributed by atoms with Gasteiger partial charge < -0.3 is 4.74 Å². The van der Waals surface area contributed by atoms with Crippen LogP contribution in [-0.2, 0) is 4.74 Å². The molecule has 0 aliphatic carbocycles. The first-order chi connectivity index (χ1) is 9.00. The van der Waals surface area contributed by atoms with Gasteiger partial charge in [-0.15, -0.1) is 0 Å². The Morgan fingerprint density at radius 2 is 1.74 bits per heavy atom. The number of hydrogen-bond acceptors (Lipinski definition) is 3. The second kappa shape index (κ2) is 7.67. The molecular formula is C15H19FO3. The summed E-state index contributed by atoms with van der Waals surface area (Å²) in [6, 6.07) is 6.35. The van der Waals surface area contributed by atoms with Gasteiger partial charge in [0.25, 0.3) is 0 Å². The maximum atomic E-state index is 12.5. The van der Waals surface area contributed by atoms with E-state index in [1.54, 1.807) is 24.3 Å². The topological polar surface area (TPSA) is 43.4 Å². The number of alkyl halides is 1. The van der Waals surface area contributed by atoms with Crippen molar-refractivity contribution in [1.29, 1.82) is 0 Å². The van der Waals surface area contributed by atoms with Gasteiger partial charge in [-0.25, -0.2) is 9.18 Å². The molecule has 0 radical (unpaired) electrons. The first-order valence-electron chi connectivity index (χ1n) is 6.43. The molecule has 0 saturated carbocycles. The lowest BCUT2D eigenvalue weighted by Gasteiger charge is -2.05. The molecule has 0 saturated heterocycles. The summed E-state index contributed by atoms with van der Waals surface area (Å²) in [4.78, 5) is 22.7. The SMILES string of the molecule is CC(=O)c1ccc(C(=O)OCCCCC(C)F)cc1. The minimum Gasteiger partial charge on any atom is -0.462 e. The van der Waals surface area contributed by atoms with Crippen LogP contribution in [0.25, 0.3) is 0 Å². The number of esters is 1. The van der Waals surface area contributed by atoms with Crippen molar-refractivity contribution >= 4 is 11.8 Å². The number of rotatable bonds is 7. The van der Waals surface area contributed by atoms with E-state index in [1.165, 1.54) is 13.8 Å². The van der Waals surface area contributed by atoms with Crippen LogP contribution in [-0.4, -0.2) is 24.5 Å². The molecule has 3 nitrogen and oxygen atoms in total. The van der Waals surface area contributed by atoms with E-state index in [4.69, 9.17) is 4.74 Å². The van der Waals surface area contributed by atoms with Crippen molar-refractivity contribution in [2.75, 3.05) is 6.61 Å². The Bertz CT molecular complexity index is 424. The monoisotopic (exact) mass is 266 g/mol. The Morgan fingerprint density at radius 3 is 2.26 bits per heavy atom. The van der Waals surface area contributed by atoms with Gasteiger partial charge in [-0.1, -0.05) is 12.1 Å². The van der Waals surface area contributed by atoms with Crippen molar-refractivity contribution in [3.8, 4) is 0 Å². The summed E-state index contributed by atoms with van der Waals surface area (Å²) >= 11 is 0. The van der Waals surface area contributed by atoms with E-state index in [2.05, 4.69) is 0 Å². The highest BCUT2D eigenvalue weighted by molar-refractivity contribution is 5.96. The molecule has 4 heteroatoms. The second-order valence-electron chi connectivity index (χ2n) is 4.55. The molecule has 1 atom stereocenters. The van der Waals surface area contributed by atoms with Gasteiger partial charge in [0.1, 0.15) is 0 Å². The van der Waals surface area contributed by atoms with Crippen molar-refractivity contribution in [3.63, 3.8) is 0 Å². The molecule has 0 heterocycles. The van der Waals surface area contributed by atoms with Crippen molar-refractivity contribution in [1.82, 2.24) is 0 Å². The Morgan fingerprint density at radius 1 is 1.16 bits per heavy atom. The predicted molar refractivity (Wildman–Crippen MR) is 71.2 cm³/mol. The largest absolute Gasteiger partial charge is 0.462 e. The third kappa shape index (κ3) is 5.64. The van der Waals surface area contributed by atoms with Crippen LogP contribution in [0.5, 0.6) is 0 Å². The van der Waals surface area contributed by atoms with Crippen LogP contribution in [0, 0.1) is 0 Å². The quantitative estimate of drug-likeness (QED) is 0.430.